The Kier molecular flexibility index (Phi) is 5.36. The molecule has 1 aliphatic rings. The molecule has 0 radical (unpaired) electrons. The van der Waals surface area contributed by atoms with Crippen molar-refractivity contribution >= 4 is 33.1 Å². The molecule has 1 amide bonds. The normalized spacial score (nSPS) is 18.2. The Bertz CT molecular complexity index is 996. The van der Waals surface area contributed by atoms with Crippen LogP contribution in [-0.2, 0) is 4.79 Å². The van der Waals surface area contributed by atoms with Crippen LogP contribution >= 0.6 is 11.3 Å². The minimum Gasteiger partial charge on any atom is -0.355 e. The summed E-state index contributed by atoms with van der Waals surface area (Å²) in [7, 11) is 0. The summed E-state index contributed by atoms with van der Waals surface area (Å²) in [6, 6.07) is 10.6. The van der Waals surface area contributed by atoms with Gasteiger partial charge in [-0.1, -0.05) is 18.2 Å². The number of aromatic nitrogens is 1. The summed E-state index contributed by atoms with van der Waals surface area (Å²) >= 11 is 1.73. The highest BCUT2D eigenvalue weighted by Gasteiger charge is 2.28. The van der Waals surface area contributed by atoms with Gasteiger partial charge in [0.15, 0.2) is 0 Å². The van der Waals surface area contributed by atoms with E-state index < -0.39 is 0 Å². The molecule has 0 saturated carbocycles. The maximum absolute atomic E-state index is 13.0. The summed E-state index contributed by atoms with van der Waals surface area (Å²) in [5.74, 6) is 1.16. The van der Waals surface area contributed by atoms with E-state index in [1.165, 1.54) is 21.2 Å². The number of fused-ring (bicyclic) bond motifs is 1. The quantitative estimate of drug-likeness (QED) is 0.678. The van der Waals surface area contributed by atoms with Crippen LogP contribution in [0.3, 0.4) is 0 Å². The van der Waals surface area contributed by atoms with E-state index in [0.29, 0.717) is 0 Å². The van der Waals surface area contributed by atoms with Gasteiger partial charge < -0.3 is 10.2 Å². The molecule has 0 unspecified atom stereocenters. The van der Waals surface area contributed by atoms with Gasteiger partial charge in [-0.3, -0.25) is 4.79 Å². The lowest BCUT2D eigenvalue weighted by atomic mass is 9.95. The number of aryl methyl sites for hydroxylation is 2. The lowest BCUT2D eigenvalue weighted by Crippen LogP contribution is -2.44. The number of nitrogens with zero attached hydrogens (tertiary/aromatic N) is 2. The van der Waals surface area contributed by atoms with Crippen molar-refractivity contribution < 1.29 is 4.79 Å². The number of thiophene rings is 1. The fourth-order valence-electron chi connectivity index (χ4n) is 3.96. The zero-order valence-corrected chi connectivity index (χ0v) is 17.6. The van der Waals surface area contributed by atoms with E-state index in [9.17, 15) is 4.79 Å². The second-order valence-corrected chi connectivity index (χ2v) is 8.77. The first-order valence-corrected chi connectivity index (χ1v) is 10.9. The topological polar surface area (TPSA) is 45.2 Å². The van der Waals surface area contributed by atoms with Crippen molar-refractivity contribution in [2.45, 2.75) is 39.7 Å². The van der Waals surface area contributed by atoms with Crippen molar-refractivity contribution in [3.05, 3.63) is 58.6 Å². The van der Waals surface area contributed by atoms with Crippen molar-refractivity contribution in [2.24, 2.45) is 5.92 Å². The number of benzene rings is 1. The molecule has 1 aliphatic heterocycles. The summed E-state index contributed by atoms with van der Waals surface area (Å²) in [6.07, 6.45) is 3.82. The number of hydrogen-bond acceptors (Lipinski definition) is 4. The summed E-state index contributed by atoms with van der Waals surface area (Å²) in [6.45, 7) is 7.98. The van der Waals surface area contributed by atoms with Crippen LogP contribution in [0.1, 0.15) is 42.5 Å². The minimum absolute atomic E-state index is 0.00145. The molecule has 4 nitrogen and oxygen atoms in total. The van der Waals surface area contributed by atoms with Gasteiger partial charge in [0.25, 0.3) is 0 Å². The first-order valence-electron chi connectivity index (χ1n) is 9.97. The molecule has 1 aromatic carbocycles. The number of carbonyl (C=O) groups is 1. The molecule has 3 heterocycles. The second-order valence-electron chi connectivity index (χ2n) is 7.83. The third-order valence-electron chi connectivity index (χ3n) is 5.84. The highest BCUT2D eigenvalue weighted by atomic mass is 32.1. The number of amides is 1. The SMILES string of the molecule is Cc1ccc([C@@H](C)NC(=O)[C@H]2CCCN(c3nccc4sccc34)C2)cc1C. The van der Waals surface area contributed by atoms with Crippen LogP contribution in [0.5, 0.6) is 0 Å². The van der Waals surface area contributed by atoms with Crippen molar-refractivity contribution in [1.82, 2.24) is 10.3 Å². The van der Waals surface area contributed by atoms with E-state index in [1.54, 1.807) is 11.3 Å². The number of rotatable bonds is 4. The fourth-order valence-corrected chi connectivity index (χ4v) is 4.74. The molecule has 1 N–H and O–H groups in total. The molecular weight excluding hydrogens is 366 g/mol. The summed E-state index contributed by atoms with van der Waals surface area (Å²) < 4.78 is 1.25. The molecule has 3 aromatic rings. The summed E-state index contributed by atoms with van der Waals surface area (Å²) in [5, 5.41) is 6.53. The molecule has 5 heteroatoms. The predicted molar refractivity (Wildman–Crippen MR) is 117 cm³/mol. The highest BCUT2D eigenvalue weighted by molar-refractivity contribution is 7.17. The van der Waals surface area contributed by atoms with Crippen LogP contribution in [0.25, 0.3) is 10.1 Å². The molecule has 2 atom stereocenters. The number of piperidine rings is 1. The van der Waals surface area contributed by atoms with E-state index in [0.717, 1.165) is 37.3 Å². The predicted octanol–water partition coefficient (Wildman–Crippen LogP) is 5.01. The Hall–Kier alpha value is -2.40. The summed E-state index contributed by atoms with van der Waals surface area (Å²) in [5.41, 5.74) is 3.70. The number of hydrogen-bond donors (Lipinski definition) is 1. The van der Waals surface area contributed by atoms with Crippen LogP contribution in [0.15, 0.2) is 41.9 Å². The van der Waals surface area contributed by atoms with Gasteiger partial charge >= 0.3 is 0 Å². The van der Waals surface area contributed by atoms with Crippen LogP contribution in [0.4, 0.5) is 5.82 Å². The Labute approximate surface area is 170 Å². The van der Waals surface area contributed by atoms with Gasteiger partial charge in [-0.05, 0) is 67.8 Å². The van der Waals surface area contributed by atoms with Crippen molar-refractivity contribution in [2.75, 3.05) is 18.0 Å². The fraction of sp³-hybridized carbons (Fsp3) is 0.391. The Morgan fingerprint density at radius 2 is 2.11 bits per heavy atom. The van der Waals surface area contributed by atoms with Crippen molar-refractivity contribution in [3.8, 4) is 0 Å². The van der Waals surface area contributed by atoms with Crippen molar-refractivity contribution in [3.63, 3.8) is 0 Å². The number of anilines is 1. The molecule has 146 valence electrons. The van der Waals surface area contributed by atoms with E-state index in [-0.39, 0.29) is 17.9 Å². The maximum atomic E-state index is 13.0. The molecule has 2 aromatic heterocycles. The average Bonchev–Trinajstić information content (AvgIpc) is 3.19. The third-order valence-corrected chi connectivity index (χ3v) is 6.72. The number of pyridine rings is 1. The Morgan fingerprint density at radius 3 is 2.93 bits per heavy atom. The maximum Gasteiger partial charge on any atom is 0.225 e. The van der Waals surface area contributed by atoms with Gasteiger partial charge in [-0.2, -0.15) is 0 Å². The largest absolute Gasteiger partial charge is 0.355 e. The van der Waals surface area contributed by atoms with Gasteiger partial charge in [-0.25, -0.2) is 4.98 Å². The van der Waals surface area contributed by atoms with Crippen LogP contribution in [0, 0.1) is 19.8 Å². The lowest BCUT2D eigenvalue weighted by molar-refractivity contribution is -0.125. The molecule has 0 aliphatic carbocycles. The number of nitrogens with one attached hydrogen (secondary N) is 1. The molecule has 0 spiro atoms. The van der Waals surface area contributed by atoms with E-state index in [4.69, 9.17) is 0 Å². The zero-order chi connectivity index (χ0) is 19.7. The van der Waals surface area contributed by atoms with Gasteiger partial charge in [0.05, 0.1) is 12.0 Å². The molecular formula is C23H27N3OS. The molecule has 0 bridgehead atoms. The standard InChI is InChI=1S/C23H27N3OS/c1-15-6-7-18(13-16(15)2)17(3)25-23(27)19-5-4-11-26(14-19)22-20-9-12-28-21(20)8-10-24-22/h6-10,12-13,17,19H,4-5,11,14H2,1-3H3,(H,25,27)/t17-,19+/m1/s1. The molecule has 4 rings (SSSR count). The minimum atomic E-state index is -0.00145. The van der Waals surface area contributed by atoms with Gasteiger partial charge in [0.2, 0.25) is 5.91 Å². The molecule has 1 fully saturated rings. The molecule has 1 saturated heterocycles. The van der Waals surface area contributed by atoms with E-state index in [2.05, 4.69) is 71.7 Å². The lowest BCUT2D eigenvalue weighted by Gasteiger charge is -2.33. The monoisotopic (exact) mass is 393 g/mol. The first-order chi connectivity index (χ1) is 13.5. The number of carbonyl (C=O) groups excluding carboxylic acids is 1. The van der Waals surface area contributed by atoms with E-state index in [1.807, 2.05) is 6.20 Å². The Morgan fingerprint density at radius 1 is 1.25 bits per heavy atom. The third kappa shape index (κ3) is 3.76. The zero-order valence-electron chi connectivity index (χ0n) is 16.7. The van der Waals surface area contributed by atoms with Crippen LogP contribution < -0.4 is 10.2 Å². The smallest absolute Gasteiger partial charge is 0.225 e. The first kappa shape index (κ1) is 18.9. The summed E-state index contributed by atoms with van der Waals surface area (Å²) in [4.78, 5) is 19.9. The van der Waals surface area contributed by atoms with Crippen LogP contribution in [0.2, 0.25) is 0 Å². The van der Waals surface area contributed by atoms with E-state index >= 15 is 0 Å². The van der Waals surface area contributed by atoms with Gasteiger partial charge in [-0.15, -0.1) is 11.3 Å². The second kappa shape index (κ2) is 7.92. The molecule has 28 heavy (non-hydrogen) atoms. The van der Waals surface area contributed by atoms with Crippen LogP contribution in [-0.4, -0.2) is 24.0 Å². The van der Waals surface area contributed by atoms with Crippen molar-refractivity contribution in [1.29, 1.82) is 0 Å². The Balaban J connectivity index is 1.46. The average molecular weight is 394 g/mol. The van der Waals surface area contributed by atoms with Gasteiger partial charge in [0, 0.05) is 29.4 Å². The van der Waals surface area contributed by atoms with Gasteiger partial charge in [0.1, 0.15) is 5.82 Å². The highest BCUT2D eigenvalue weighted by Crippen LogP contribution is 2.31.